The predicted molar refractivity (Wildman–Crippen MR) is 142 cm³/mol. The van der Waals surface area contributed by atoms with Crippen molar-refractivity contribution in [1.82, 2.24) is 14.5 Å². The molecule has 3 aromatic carbocycles. The Morgan fingerprint density at radius 1 is 1.06 bits per heavy atom. The summed E-state index contributed by atoms with van der Waals surface area (Å²) in [6, 6.07) is 21.6. The molecule has 0 spiro atoms. The fourth-order valence-corrected chi connectivity index (χ4v) is 5.20. The van der Waals surface area contributed by atoms with Crippen LogP contribution in [0.5, 0.6) is 0 Å². The van der Waals surface area contributed by atoms with Gasteiger partial charge in [0.05, 0.1) is 33.5 Å². The van der Waals surface area contributed by atoms with E-state index in [1.54, 1.807) is 18.2 Å². The Morgan fingerprint density at radius 3 is 2.74 bits per heavy atom. The molecular formula is C26H23BrCl2N4O. The summed E-state index contributed by atoms with van der Waals surface area (Å²) in [5.41, 5.74) is 3.75. The molecule has 1 atom stereocenters. The first-order valence-corrected chi connectivity index (χ1v) is 12.7. The van der Waals surface area contributed by atoms with Gasteiger partial charge in [-0.05, 0) is 67.9 Å². The summed E-state index contributed by atoms with van der Waals surface area (Å²) < 4.78 is 3.23. The number of nitrogens with one attached hydrogen (secondary N) is 1. The third-order valence-corrected chi connectivity index (χ3v) is 7.36. The Bertz CT molecular complexity index is 1360. The number of hydrogen-bond acceptors (Lipinski definition) is 3. The molecule has 0 bridgehead atoms. The first-order valence-electron chi connectivity index (χ1n) is 11.2. The average molecular weight is 558 g/mol. The summed E-state index contributed by atoms with van der Waals surface area (Å²) in [5, 5.41) is 3.89. The zero-order valence-electron chi connectivity index (χ0n) is 18.3. The van der Waals surface area contributed by atoms with E-state index in [-0.39, 0.29) is 11.8 Å². The minimum absolute atomic E-state index is 0.00332. The Balaban J connectivity index is 1.36. The number of likely N-dealkylation sites (tertiary alicyclic amines) is 1. The number of anilines is 1. The van der Waals surface area contributed by atoms with Crippen LogP contribution in [-0.4, -0.2) is 33.4 Å². The second kappa shape index (κ2) is 10.1. The van der Waals surface area contributed by atoms with Crippen LogP contribution < -0.4 is 5.32 Å². The van der Waals surface area contributed by atoms with Gasteiger partial charge in [0.2, 0.25) is 5.91 Å². The maximum atomic E-state index is 13.0. The van der Waals surface area contributed by atoms with E-state index < -0.39 is 0 Å². The molecule has 1 aromatic heterocycles. The van der Waals surface area contributed by atoms with Gasteiger partial charge in [-0.15, -0.1) is 0 Å². The zero-order chi connectivity index (χ0) is 23.7. The van der Waals surface area contributed by atoms with Crippen LogP contribution >= 0.6 is 39.1 Å². The van der Waals surface area contributed by atoms with Crippen LogP contribution in [-0.2, 0) is 11.3 Å². The summed E-state index contributed by atoms with van der Waals surface area (Å²) in [5.74, 6) is 0.861. The highest BCUT2D eigenvalue weighted by atomic mass is 79.9. The minimum Gasteiger partial charge on any atom is -0.326 e. The van der Waals surface area contributed by atoms with Crippen LogP contribution in [0.1, 0.15) is 18.7 Å². The Morgan fingerprint density at radius 2 is 1.91 bits per heavy atom. The molecule has 5 nitrogen and oxygen atoms in total. The highest BCUT2D eigenvalue weighted by molar-refractivity contribution is 9.10. The lowest BCUT2D eigenvalue weighted by molar-refractivity contribution is -0.121. The quantitative estimate of drug-likeness (QED) is 0.289. The van der Waals surface area contributed by atoms with E-state index in [9.17, 15) is 4.79 Å². The van der Waals surface area contributed by atoms with Crippen LogP contribution in [0.2, 0.25) is 10.0 Å². The van der Waals surface area contributed by atoms with E-state index in [0.717, 1.165) is 46.4 Å². The van der Waals surface area contributed by atoms with Gasteiger partial charge in [-0.1, -0.05) is 57.3 Å². The van der Waals surface area contributed by atoms with Crippen molar-refractivity contribution in [2.75, 3.05) is 18.4 Å². The highest BCUT2D eigenvalue weighted by Gasteiger charge is 2.27. The predicted octanol–water partition coefficient (Wildman–Crippen LogP) is 6.95. The molecule has 1 fully saturated rings. The van der Waals surface area contributed by atoms with Crippen LogP contribution in [0.4, 0.5) is 5.69 Å². The number of benzene rings is 3. The number of amides is 1. The molecule has 1 aliphatic rings. The number of imidazole rings is 1. The first-order chi connectivity index (χ1) is 16.5. The van der Waals surface area contributed by atoms with Gasteiger partial charge in [0, 0.05) is 22.4 Å². The number of halogens is 3. The third kappa shape index (κ3) is 5.01. The lowest BCUT2D eigenvalue weighted by Gasteiger charge is -2.31. The molecule has 1 N–H and O–H groups in total. The molecule has 1 aliphatic heterocycles. The fourth-order valence-electron chi connectivity index (χ4n) is 4.52. The average Bonchev–Trinajstić information content (AvgIpc) is 3.19. The minimum atomic E-state index is -0.105. The van der Waals surface area contributed by atoms with Crippen LogP contribution in [0, 0.1) is 5.92 Å². The molecule has 0 unspecified atom stereocenters. The monoisotopic (exact) mass is 556 g/mol. The van der Waals surface area contributed by atoms with Crippen molar-refractivity contribution in [1.29, 1.82) is 0 Å². The van der Waals surface area contributed by atoms with E-state index >= 15 is 0 Å². The number of piperidine rings is 1. The first kappa shape index (κ1) is 23.4. The number of carbonyl (C=O) groups is 1. The van der Waals surface area contributed by atoms with Gasteiger partial charge >= 0.3 is 0 Å². The second-order valence-electron chi connectivity index (χ2n) is 8.52. The van der Waals surface area contributed by atoms with Gasteiger partial charge in [-0.2, -0.15) is 0 Å². The van der Waals surface area contributed by atoms with Crippen molar-refractivity contribution >= 4 is 61.8 Å². The van der Waals surface area contributed by atoms with Gasteiger partial charge in [0.1, 0.15) is 5.82 Å². The van der Waals surface area contributed by atoms with E-state index in [2.05, 4.69) is 48.9 Å². The number of aromatic nitrogens is 2. The summed E-state index contributed by atoms with van der Waals surface area (Å²) in [6.45, 7) is 2.27. The van der Waals surface area contributed by atoms with E-state index in [0.29, 0.717) is 28.8 Å². The van der Waals surface area contributed by atoms with Crippen molar-refractivity contribution in [3.63, 3.8) is 0 Å². The van der Waals surface area contributed by atoms with Crippen molar-refractivity contribution in [3.05, 3.63) is 87.1 Å². The second-order valence-corrected chi connectivity index (χ2v) is 10.3. The third-order valence-electron chi connectivity index (χ3n) is 6.13. The standard InChI is InChI=1S/C26H23BrCl2N4O/c27-18-6-3-7-20(13-18)33-24-9-2-1-8-23(24)31-25(33)16-32-12-4-5-17(15-32)26(34)30-19-10-11-21(28)22(29)14-19/h1-3,6-11,13-14,17H,4-5,12,15-16H2,(H,30,34)/t17-/m0/s1. The van der Waals surface area contributed by atoms with Crippen molar-refractivity contribution < 1.29 is 4.79 Å². The summed E-state index contributed by atoms with van der Waals surface area (Å²) >= 11 is 15.7. The molecule has 5 rings (SSSR count). The maximum Gasteiger partial charge on any atom is 0.228 e. The molecule has 4 aromatic rings. The van der Waals surface area contributed by atoms with Crippen LogP contribution in [0.15, 0.2) is 71.2 Å². The summed E-state index contributed by atoms with van der Waals surface area (Å²) in [6.07, 6.45) is 1.81. The number of hydrogen-bond donors (Lipinski definition) is 1. The lowest BCUT2D eigenvalue weighted by atomic mass is 9.97. The number of rotatable bonds is 5. The number of para-hydroxylation sites is 2. The molecule has 1 amide bonds. The van der Waals surface area contributed by atoms with Crippen LogP contribution in [0.3, 0.4) is 0 Å². The largest absolute Gasteiger partial charge is 0.326 e. The molecule has 174 valence electrons. The van der Waals surface area contributed by atoms with Crippen molar-refractivity contribution in [2.45, 2.75) is 19.4 Å². The fraction of sp³-hybridized carbons (Fsp3) is 0.231. The van der Waals surface area contributed by atoms with Gasteiger partial charge in [-0.3, -0.25) is 14.3 Å². The molecule has 1 saturated heterocycles. The Hall–Kier alpha value is -2.38. The lowest BCUT2D eigenvalue weighted by Crippen LogP contribution is -2.40. The SMILES string of the molecule is O=C(Nc1ccc(Cl)c(Cl)c1)[C@H]1CCCN(Cc2nc3ccccc3n2-c2cccc(Br)c2)C1. The molecule has 8 heteroatoms. The van der Waals surface area contributed by atoms with Crippen LogP contribution in [0.25, 0.3) is 16.7 Å². The summed E-state index contributed by atoms with van der Waals surface area (Å²) in [7, 11) is 0. The molecule has 2 heterocycles. The molecular weight excluding hydrogens is 535 g/mol. The van der Waals surface area contributed by atoms with Gasteiger partial charge in [0.15, 0.2) is 0 Å². The topological polar surface area (TPSA) is 50.2 Å². The van der Waals surface area contributed by atoms with Gasteiger partial charge in [0.25, 0.3) is 0 Å². The van der Waals surface area contributed by atoms with E-state index in [4.69, 9.17) is 28.2 Å². The van der Waals surface area contributed by atoms with E-state index in [1.807, 2.05) is 30.3 Å². The normalized spacial score (nSPS) is 16.6. The molecule has 34 heavy (non-hydrogen) atoms. The number of fused-ring (bicyclic) bond motifs is 1. The molecule has 0 radical (unpaired) electrons. The Labute approximate surface area is 216 Å². The van der Waals surface area contributed by atoms with E-state index in [1.165, 1.54) is 0 Å². The molecule has 0 saturated carbocycles. The number of carbonyl (C=O) groups excluding carboxylic acids is 1. The van der Waals surface area contributed by atoms with Crippen molar-refractivity contribution in [2.24, 2.45) is 5.92 Å². The van der Waals surface area contributed by atoms with Gasteiger partial charge < -0.3 is 5.32 Å². The maximum absolute atomic E-state index is 13.0. The number of nitrogens with zero attached hydrogens (tertiary/aromatic N) is 3. The summed E-state index contributed by atoms with van der Waals surface area (Å²) in [4.78, 5) is 20.3. The Kier molecular flexibility index (Phi) is 6.93. The smallest absolute Gasteiger partial charge is 0.228 e. The molecule has 0 aliphatic carbocycles. The van der Waals surface area contributed by atoms with Gasteiger partial charge in [-0.25, -0.2) is 4.98 Å². The van der Waals surface area contributed by atoms with Crippen molar-refractivity contribution in [3.8, 4) is 5.69 Å². The zero-order valence-corrected chi connectivity index (χ0v) is 21.4. The highest BCUT2D eigenvalue weighted by Crippen LogP contribution is 2.28.